The van der Waals surface area contributed by atoms with Crippen LogP contribution in [-0.4, -0.2) is 31.9 Å². The van der Waals surface area contributed by atoms with Crippen molar-refractivity contribution in [2.75, 3.05) is 13.1 Å². The van der Waals surface area contributed by atoms with Crippen LogP contribution in [0.4, 0.5) is 0 Å². The van der Waals surface area contributed by atoms with Crippen molar-refractivity contribution in [3.63, 3.8) is 0 Å². The summed E-state index contributed by atoms with van der Waals surface area (Å²) in [6, 6.07) is 1.96. The number of nitrogens with zero attached hydrogens (tertiary/aromatic N) is 1. The second kappa shape index (κ2) is 5.69. The molecule has 0 aromatic carbocycles. The van der Waals surface area contributed by atoms with Crippen LogP contribution in [-0.2, 0) is 16.6 Å². The number of rotatable bonds is 7. The van der Waals surface area contributed by atoms with Gasteiger partial charge in [-0.05, 0) is 30.8 Å². The van der Waals surface area contributed by atoms with Gasteiger partial charge in [0, 0.05) is 24.0 Å². The molecule has 1 fully saturated rings. The average molecular weight is 288 g/mol. The molecule has 0 unspecified atom stereocenters. The maximum Gasteiger partial charge on any atom is 0.244 e. The fraction of sp³-hybridized carbons (Fsp3) is 0.667. The van der Waals surface area contributed by atoms with Crippen LogP contribution in [0.25, 0.3) is 0 Å². The van der Waals surface area contributed by atoms with Crippen LogP contribution < -0.4 is 5.32 Å². The first-order valence-corrected chi connectivity index (χ1v) is 8.72. The smallest absolute Gasteiger partial charge is 0.244 e. The Kier molecular flexibility index (Phi) is 4.42. The van der Waals surface area contributed by atoms with E-state index in [0.29, 0.717) is 18.0 Å². The van der Waals surface area contributed by atoms with Gasteiger partial charge in [0.15, 0.2) is 0 Å². The standard InChI is InChI=1S/C12H20N2O2S2/c1-3-13-9-11-12(7-8-17-11)18(15,16)14(4-2)10-5-6-10/h7-8,10,13H,3-6,9H2,1-2H3. The van der Waals surface area contributed by atoms with Gasteiger partial charge in [-0.25, -0.2) is 8.42 Å². The summed E-state index contributed by atoms with van der Waals surface area (Å²) >= 11 is 1.51. The van der Waals surface area contributed by atoms with Crippen molar-refractivity contribution in [3.8, 4) is 0 Å². The van der Waals surface area contributed by atoms with Gasteiger partial charge in [0.1, 0.15) is 0 Å². The van der Waals surface area contributed by atoms with Crippen molar-refractivity contribution in [3.05, 3.63) is 16.3 Å². The number of hydrogen-bond acceptors (Lipinski definition) is 4. The highest BCUT2D eigenvalue weighted by molar-refractivity contribution is 7.89. The molecule has 0 amide bonds. The molecule has 1 aromatic heterocycles. The Hall–Kier alpha value is -0.430. The number of thiophene rings is 1. The van der Waals surface area contributed by atoms with E-state index in [0.717, 1.165) is 24.3 Å². The molecule has 0 atom stereocenters. The lowest BCUT2D eigenvalue weighted by atomic mass is 10.4. The van der Waals surface area contributed by atoms with Crippen molar-refractivity contribution >= 4 is 21.4 Å². The lowest BCUT2D eigenvalue weighted by molar-refractivity contribution is 0.420. The summed E-state index contributed by atoms with van der Waals surface area (Å²) in [6.07, 6.45) is 2.00. The van der Waals surface area contributed by atoms with Crippen LogP contribution >= 0.6 is 11.3 Å². The fourth-order valence-electron chi connectivity index (χ4n) is 2.04. The molecule has 1 saturated carbocycles. The van der Waals surface area contributed by atoms with Crippen LogP contribution in [0.1, 0.15) is 31.6 Å². The highest BCUT2D eigenvalue weighted by Crippen LogP contribution is 2.34. The van der Waals surface area contributed by atoms with E-state index in [-0.39, 0.29) is 6.04 Å². The normalized spacial score (nSPS) is 16.4. The third-order valence-electron chi connectivity index (χ3n) is 3.09. The van der Waals surface area contributed by atoms with Gasteiger partial charge in [0.25, 0.3) is 0 Å². The number of hydrogen-bond donors (Lipinski definition) is 1. The van der Waals surface area contributed by atoms with Crippen molar-refractivity contribution in [1.82, 2.24) is 9.62 Å². The van der Waals surface area contributed by atoms with Gasteiger partial charge in [-0.3, -0.25) is 0 Å². The molecule has 0 spiro atoms. The van der Waals surface area contributed by atoms with E-state index in [2.05, 4.69) is 5.32 Å². The van der Waals surface area contributed by atoms with E-state index < -0.39 is 10.0 Å². The summed E-state index contributed by atoms with van der Waals surface area (Å²) < 4.78 is 26.8. The Balaban J connectivity index is 2.25. The zero-order valence-electron chi connectivity index (χ0n) is 10.8. The summed E-state index contributed by atoms with van der Waals surface area (Å²) in [5.41, 5.74) is 0. The molecule has 1 aliphatic carbocycles. The van der Waals surface area contributed by atoms with Crippen LogP contribution in [0.3, 0.4) is 0 Å². The van der Waals surface area contributed by atoms with Gasteiger partial charge in [-0.15, -0.1) is 11.3 Å². The topological polar surface area (TPSA) is 49.4 Å². The molecule has 18 heavy (non-hydrogen) atoms. The zero-order chi connectivity index (χ0) is 13.2. The van der Waals surface area contributed by atoms with E-state index in [1.807, 2.05) is 19.2 Å². The first-order valence-electron chi connectivity index (χ1n) is 6.40. The third kappa shape index (κ3) is 2.77. The van der Waals surface area contributed by atoms with Crippen molar-refractivity contribution in [2.24, 2.45) is 0 Å². The molecule has 0 radical (unpaired) electrons. The summed E-state index contributed by atoms with van der Waals surface area (Å²) in [5.74, 6) is 0. The van der Waals surface area contributed by atoms with Crippen LogP contribution in [0.2, 0.25) is 0 Å². The maximum atomic E-state index is 12.6. The van der Waals surface area contributed by atoms with Gasteiger partial charge in [-0.1, -0.05) is 13.8 Å². The number of sulfonamides is 1. The summed E-state index contributed by atoms with van der Waals surface area (Å²) in [7, 11) is -3.30. The molecule has 6 heteroatoms. The average Bonchev–Trinajstić information content (AvgIpc) is 3.04. The lowest BCUT2D eigenvalue weighted by Gasteiger charge is -2.20. The highest BCUT2D eigenvalue weighted by atomic mass is 32.2. The van der Waals surface area contributed by atoms with Crippen molar-refractivity contribution < 1.29 is 8.42 Å². The van der Waals surface area contributed by atoms with E-state index in [1.165, 1.54) is 11.3 Å². The summed E-state index contributed by atoms with van der Waals surface area (Å²) in [6.45, 7) is 5.96. The zero-order valence-corrected chi connectivity index (χ0v) is 12.5. The Morgan fingerprint density at radius 1 is 1.44 bits per heavy atom. The second-order valence-corrected chi connectivity index (χ2v) is 7.29. The van der Waals surface area contributed by atoms with Crippen molar-refractivity contribution in [2.45, 2.75) is 44.2 Å². The molecule has 1 aliphatic rings. The van der Waals surface area contributed by atoms with E-state index in [1.54, 1.807) is 10.4 Å². The number of nitrogens with one attached hydrogen (secondary N) is 1. The van der Waals surface area contributed by atoms with E-state index in [9.17, 15) is 8.42 Å². The minimum absolute atomic E-state index is 0.229. The maximum absolute atomic E-state index is 12.6. The molecule has 0 aliphatic heterocycles. The molecule has 0 saturated heterocycles. The summed E-state index contributed by atoms with van der Waals surface area (Å²) in [5, 5.41) is 5.05. The molecule has 1 N–H and O–H groups in total. The molecule has 102 valence electrons. The second-order valence-electron chi connectivity index (χ2n) is 4.43. The predicted molar refractivity (Wildman–Crippen MR) is 74.3 cm³/mol. The first-order chi connectivity index (χ1) is 8.61. The molecule has 0 bridgehead atoms. The Morgan fingerprint density at radius 2 is 2.17 bits per heavy atom. The van der Waals surface area contributed by atoms with E-state index in [4.69, 9.17) is 0 Å². The van der Waals surface area contributed by atoms with E-state index >= 15 is 0 Å². The van der Waals surface area contributed by atoms with Gasteiger partial charge < -0.3 is 5.32 Å². The molecule has 1 heterocycles. The van der Waals surface area contributed by atoms with Gasteiger partial charge in [0.2, 0.25) is 10.0 Å². The van der Waals surface area contributed by atoms with Gasteiger partial charge >= 0.3 is 0 Å². The van der Waals surface area contributed by atoms with Crippen molar-refractivity contribution in [1.29, 1.82) is 0 Å². The lowest BCUT2D eigenvalue weighted by Crippen LogP contribution is -2.33. The summed E-state index contributed by atoms with van der Waals surface area (Å²) in [4.78, 5) is 1.40. The molecule has 1 aromatic rings. The highest BCUT2D eigenvalue weighted by Gasteiger charge is 2.37. The molecule has 2 rings (SSSR count). The quantitative estimate of drug-likeness (QED) is 0.835. The third-order valence-corrected chi connectivity index (χ3v) is 6.25. The monoisotopic (exact) mass is 288 g/mol. The first kappa shape index (κ1) is 14.0. The predicted octanol–water partition coefficient (Wildman–Crippen LogP) is 2.03. The molecule has 4 nitrogen and oxygen atoms in total. The molecular formula is C12H20N2O2S2. The van der Waals surface area contributed by atoms with Gasteiger partial charge in [0.05, 0.1) is 4.90 Å². The molecular weight excluding hydrogens is 268 g/mol. The fourth-order valence-corrected chi connectivity index (χ4v) is 5.12. The SMILES string of the molecule is CCNCc1sccc1S(=O)(=O)N(CC)C1CC1. The van der Waals surface area contributed by atoms with Gasteiger partial charge in [-0.2, -0.15) is 4.31 Å². The minimum atomic E-state index is -3.30. The van der Waals surface area contributed by atoms with Crippen LogP contribution in [0.15, 0.2) is 16.3 Å². The van der Waals surface area contributed by atoms with Crippen LogP contribution in [0, 0.1) is 0 Å². The largest absolute Gasteiger partial charge is 0.312 e. The Bertz CT molecular complexity index is 492. The Labute approximate surface area is 113 Å². The van der Waals surface area contributed by atoms with Crippen LogP contribution in [0.5, 0.6) is 0 Å². The minimum Gasteiger partial charge on any atom is -0.312 e. The Morgan fingerprint density at radius 3 is 2.72 bits per heavy atom.